The second-order valence-electron chi connectivity index (χ2n) is 3.90. The molecule has 0 aliphatic carbocycles. The first-order valence-electron chi connectivity index (χ1n) is 5.40. The van der Waals surface area contributed by atoms with E-state index in [0.29, 0.717) is 16.3 Å². The highest BCUT2D eigenvalue weighted by Gasteiger charge is 2.12. The van der Waals surface area contributed by atoms with Gasteiger partial charge in [-0.1, -0.05) is 24.9 Å². The lowest BCUT2D eigenvalue weighted by Gasteiger charge is -2.13. The Bertz CT molecular complexity index is 379. The summed E-state index contributed by atoms with van der Waals surface area (Å²) in [6.07, 6.45) is 1.98. The van der Waals surface area contributed by atoms with Gasteiger partial charge in [-0.2, -0.15) is 0 Å². The molecule has 0 fully saturated rings. The van der Waals surface area contributed by atoms with Crippen LogP contribution in [0.25, 0.3) is 0 Å². The van der Waals surface area contributed by atoms with Crippen molar-refractivity contribution < 1.29 is 4.79 Å². The molecular weight excluding hydrogens is 224 g/mol. The molecule has 1 atom stereocenters. The molecular formula is C12H17ClN2O. The quantitative estimate of drug-likeness (QED) is 0.796. The summed E-state index contributed by atoms with van der Waals surface area (Å²) in [7, 11) is 0. The average Bonchev–Trinajstić information content (AvgIpc) is 2.21. The zero-order chi connectivity index (χ0) is 12.1. The summed E-state index contributed by atoms with van der Waals surface area (Å²) >= 11 is 5.94. The van der Waals surface area contributed by atoms with E-state index in [4.69, 9.17) is 17.3 Å². The van der Waals surface area contributed by atoms with Crippen molar-refractivity contribution in [2.45, 2.75) is 32.7 Å². The molecule has 0 saturated heterocycles. The van der Waals surface area contributed by atoms with Gasteiger partial charge in [-0.25, -0.2) is 0 Å². The van der Waals surface area contributed by atoms with E-state index < -0.39 is 0 Å². The first-order valence-corrected chi connectivity index (χ1v) is 5.78. The van der Waals surface area contributed by atoms with Crippen molar-refractivity contribution in [3.05, 3.63) is 28.8 Å². The molecule has 1 rings (SSSR count). The lowest BCUT2D eigenvalue weighted by atomic mass is 10.1. The minimum atomic E-state index is -0.168. The fraction of sp³-hybridized carbons (Fsp3) is 0.417. The summed E-state index contributed by atoms with van der Waals surface area (Å²) in [6, 6.07) is 5.05. The van der Waals surface area contributed by atoms with Crippen LogP contribution in [0, 0.1) is 0 Å². The van der Waals surface area contributed by atoms with Crippen LogP contribution >= 0.6 is 11.6 Å². The molecule has 0 aliphatic heterocycles. The zero-order valence-corrected chi connectivity index (χ0v) is 10.3. The molecule has 0 aromatic heterocycles. The molecule has 3 N–H and O–H groups in total. The average molecular weight is 241 g/mol. The van der Waals surface area contributed by atoms with E-state index in [9.17, 15) is 4.79 Å². The van der Waals surface area contributed by atoms with Crippen LogP contribution in [-0.2, 0) is 0 Å². The van der Waals surface area contributed by atoms with Gasteiger partial charge in [0, 0.05) is 11.7 Å². The summed E-state index contributed by atoms with van der Waals surface area (Å²) in [4.78, 5) is 11.9. The van der Waals surface area contributed by atoms with Crippen LogP contribution in [0.2, 0.25) is 5.02 Å². The Morgan fingerprint density at radius 2 is 2.25 bits per heavy atom. The zero-order valence-electron chi connectivity index (χ0n) is 9.59. The van der Waals surface area contributed by atoms with Gasteiger partial charge < -0.3 is 11.1 Å². The maximum atomic E-state index is 11.9. The highest BCUT2D eigenvalue weighted by Crippen LogP contribution is 2.18. The van der Waals surface area contributed by atoms with Gasteiger partial charge in [-0.3, -0.25) is 4.79 Å². The van der Waals surface area contributed by atoms with Gasteiger partial charge in [0.2, 0.25) is 0 Å². The normalized spacial score (nSPS) is 12.2. The number of halogens is 1. The molecule has 0 saturated carbocycles. The topological polar surface area (TPSA) is 55.1 Å². The molecule has 1 amide bonds. The molecule has 4 heteroatoms. The van der Waals surface area contributed by atoms with Gasteiger partial charge in [-0.15, -0.1) is 0 Å². The predicted molar refractivity (Wildman–Crippen MR) is 67.7 cm³/mol. The Morgan fingerprint density at radius 1 is 1.56 bits per heavy atom. The molecule has 16 heavy (non-hydrogen) atoms. The van der Waals surface area contributed by atoms with E-state index in [1.54, 1.807) is 18.2 Å². The minimum Gasteiger partial charge on any atom is -0.399 e. The Hall–Kier alpha value is -1.22. The largest absolute Gasteiger partial charge is 0.399 e. The van der Waals surface area contributed by atoms with Gasteiger partial charge >= 0.3 is 0 Å². The summed E-state index contributed by atoms with van der Waals surface area (Å²) in [5.41, 5.74) is 6.59. The third kappa shape index (κ3) is 3.42. The molecule has 0 bridgehead atoms. The third-order valence-electron chi connectivity index (χ3n) is 2.33. The number of rotatable bonds is 4. The highest BCUT2D eigenvalue weighted by molar-refractivity contribution is 6.34. The van der Waals surface area contributed by atoms with Crippen molar-refractivity contribution in [1.82, 2.24) is 5.32 Å². The van der Waals surface area contributed by atoms with E-state index in [0.717, 1.165) is 12.8 Å². The molecule has 1 aromatic carbocycles. The lowest BCUT2D eigenvalue weighted by molar-refractivity contribution is 0.0938. The Balaban J connectivity index is 2.76. The van der Waals surface area contributed by atoms with E-state index in [1.165, 1.54) is 0 Å². The number of anilines is 1. The summed E-state index contributed by atoms with van der Waals surface area (Å²) < 4.78 is 0. The molecule has 0 aliphatic rings. The first-order chi connectivity index (χ1) is 7.54. The van der Waals surface area contributed by atoms with Crippen LogP contribution in [0.3, 0.4) is 0 Å². The number of nitrogens with one attached hydrogen (secondary N) is 1. The molecule has 1 aromatic rings. The molecule has 88 valence electrons. The van der Waals surface area contributed by atoms with Crippen LogP contribution in [0.1, 0.15) is 37.0 Å². The molecule has 3 nitrogen and oxygen atoms in total. The van der Waals surface area contributed by atoms with Crippen molar-refractivity contribution in [2.75, 3.05) is 5.73 Å². The fourth-order valence-electron chi connectivity index (χ4n) is 1.52. The molecule has 1 unspecified atom stereocenters. The van der Waals surface area contributed by atoms with E-state index in [2.05, 4.69) is 12.2 Å². The number of nitrogens with two attached hydrogens (primary N) is 1. The van der Waals surface area contributed by atoms with Gasteiger partial charge in [-0.05, 0) is 31.5 Å². The van der Waals surface area contributed by atoms with Crippen LogP contribution in [0.15, 0.2) is 18.2 Å². The Labute approximate surface area is 101 Å². The van der Waals surface area contributed by atoms with E-state index in [1.807, 2.05) is 6.92 Å². The maximum absolute atomic E-state index is 11.9. The number of nitrogen functional groups attached to an aromatic ring is 1. The number of hydrogen-bond acceptors (Lipinski definition) is 2. The lowest BCUT2D eigenvalue weighted by Crippen LogP contribution is -2.32. The van der Waals surface area contributed by atoms with E-state index in [-0.39, 0.29) is 11.9 Å². The van der Waals surface area contributed by atoms with Crippen molar-refractivity contribution in [1.29, 1.82) is 0 Å². The first kappa shape index (κ1) is 12.8. The van der Waals surface area contributed by atoms with Crippen molar-refractivity contribution in [3.63, 3.8) is 0 Å². The van der Waals surface area contributed by atoms with E-state index >= 15 is 0 Å². The Morgan fingerprint density at radius 3 is 2.88 bits per heavy atom. The smallest absolute Gasteiger partial charge is 0.253 e. The summed E-state index contributed by atoms with van der Waals surface area (Å²) in [5, 5.41) is 3.31. The highest BCUT2D eigenvalue weighted by atomic mass is 35.5. The van der Waals surface area contributed by atoms with Crippen molar-refractivity contribution in [2.24, 2.45) is 0 Å². The van der Waals surface area contributed by atoms with Gasteiger partial charge in [0.05, 0.1) is 10.6 Å². The predicted octanol–water partition coefficient (Wildman–Crippen LogP) is 2.84. The number of carbonyl (C=O) groups is 1. The van der Waals surface area contributed by atoms with Crippen molar-refractivity contribution in [3.8, 4) is 0 Å². The monoisotopic (exact) mass is 240 g/mol. The van der Waals surface area contributed by atoms with Crippen molar-refractivity contribution >= 4 is 23.2 Å². The fourth-order valence-corrected chi connectivity index (χ4v) is 1.73. The molecule has 0 heterocycles. The second kappa shape index (κ2) is 5.75. The number of hydrogen-bond donors (Lipinski definition) is 2. The molecule has 0 spiro atoms. The number of benzene rings is 1. The SMILES string of the molecule is CCCC(C)NC(=O)c1cc(N)ccc1Cl. The van der Waals surface area contributed by atoms with Crippen LogP contribution in [0.4, 0.5) is 5.69 Å². The van der Waals surface area contributed by atoms with Gasteiger partial charge in [0.15, 0.2) is 0 Å². The summed E-state index contributed by atoms with van der Waals surface area (Å²) in [5.74, 6) is -0.168. The molecule has 0 radical (unpaired) electrons. The summed E-state index contributed by atoms with van der Waals surface area (Å²) in [6.45, 7) is 4.05. The number of carbonyl (C=O) groups excluding carboxylic acids is 1. The van der Waals surface area contributed by atoms with Crippen LogP contribution < -0.4 is 11.1 Å². The standard InChI is InChI=1S/C12H17ClN2O/c1-3-4-8(2)15-12(16)10-7-9(14)5-6-11(10)13/h5-8H,3-4,14H2,1-2H3,(H,15,16). The van der Waals surface area contributed by atoms with Crippen LogP contribution in [0.5, 0.6) is 0 Å². The van der Waals surface area contributed by atoms with Crippen LogP contribution in [-0.4, -0.2) is 11.9 Å². The Kier molecular flexibility index (Phi) is 4.62. The minimum absolute atomic E-state index is 0.148. The maximum Gasteiger partial charge on any atom is 0.253 e. The number of amides is 1. The van der Waals surface area contributed by atoms with Gasteiger partial charge in [0.1, 0.15) is 0 Å². The van der Waals surface area contributed by atoms with Gasteiger partial charge in [0.25, 0.3) is 5.91 Å². The third-order valence-corrected chi connectivity index (χ3v) is 2.66. The second-order valence-corrected chi connectivity index (χ2v) is 4.31.